The Hall–Kier alpha value is -4.25. The van der Waals surface area contributed by atoms with E-state index in [9.17, 15) is 32.3 Å². The van der Waals surface area contributed by atoms with Crippen LogP contribution in [0.25, 0.3) is 16.9 Å². The Morgan fingerprint density at radius 1 is 1.20 bits per heavy atom. The number of halogens is 4. The molecular weight excluding hydrogens is 546 g/mol. The van der Waals surface area contributed by atoms with Crippen LogP contribution < -0.4 is 16.0 Å². The summed E-state index contributed by atoms with van der Waals surface area (Å²) in [7, 11) is 0. The second kappa shape index (κ2) is 11.7. The van der Waals surface area contributed by atoms with Crippen molar-refractivity contribution in [1.29, 1.82) is 5.26 Å². The Balaban J connectivity index is 1.51. The van der Waals surface area contributed by atoms with Crippen molar-refractivity contribution in [2.24, 2.45) is 5.92 Å². The summed E-state index contributed by atoms with van der Waals surface area (Å²) in [5.74, 6) is -1.75. The Labute approximate surface area is 232 Å². The number of aromatic nitrogens is 3. The zero-order chi connectivity index (χ0) is 29.9. The summed E-state index contributed by atoms with van der Waals surface area (Å²) in [6.07, 6.45) is -4.01. The lowest BCUT2D eigenvalue weighted by Crippen LogP contribution is -2.43. The first-order valence-corrected chi connectivity index (χ1v) is 12.9. The summed E-state index contributed by atoms with van der Waals surface area (Å²) >= 11 is 0. The van der Waals surface area contributed by atoms with E-state index in [1.165, 1.54) is 26.2 Å². The normalized spacial score (nSPS) is 17.8. The maximum atomic E-state index is 14.3. The van der Waals surface area contributed by atoms with Gasteiger partial charge < -0.3 is 21.1 Å². The standard InChI is InChI=1S/C27H29F4N7O3/c1-26(2,41)23(28)14-35-25(40)19-13-33-21(22-4-3-18-7-16(10-32)12-36-38(18)22)8-20(19)37-17-5-15(6-17)11-34-24(39)9-27(29,30)31/h3-4,7-8,12-13,15,17,23,41H,5-6,9,11,14H2,1-2H3,(H,33,37)(H,34,39)(H,35,40)/t15?,17?,23-/m1/s1. The maximum Gasteiger partial charge on any atom is 0.397 e. The summed E-state index contributed by atoms with van der Waals surface area (Å²) in [6.45, 7) is 2.26. The smallest absolute Gasteiger partial charge is 0.387 e. The number of nitrogens with one attached hydrogen (secondary N) is 3. The topological polar surface area (TPSA) is 144 Å². The van der Waals surface area contributed by atoms with Crippen LogP contribution in [0.1, 0.15) is 49.0 Å². The van der Waals surface area contributed by atoms with Gasteiger partial charge in [-0.1, -0.05) is 0 Å². The van der Waals surface area contributed by atoms with Crippen LogP contribution in [-0.4, -0.2) is 68.6 Å². The molecule has 0 aliphatic heterocycles. The molecule has 14 heteroatoms. The number of alkyl halides is 4. The van der Waals surface area contributed by atoms with Crippen molar-refractivity contribution in [3.63, 3.8) is 0 Å². The van der Waals surface area contributed by atoms with Gasteiger partial charge in [-0.2, -0.15) is 23.5 Å². The minimum atomic E-state index is -4.57. The van der Waals surface area contributed by atoms with Gasteiger partial charge in [-0.25, -0.2) is 8.91 Å². The molecule has 0 saturated heterocycles. The first-order valence-electron chi connectivity index (χ1n) is 12.9. The number of nitrogens with zero attached hydrogens (tertiary/aromatic N) is 4. The van der Waals surface area contributed by atoms with Crippen molar-refractivity contribution in [3.05, 3.63) is 47.8 Å². The van der Waals surface area contributed by atoms with Gasteiger partial charge in [0.2, 0.25) is 5.91 Å². The van der Waals surface area contributed by atoms with Gasteiger partial charge in [0.05, 0.1) is 52.1 Å². The number of pyridine rings is 1. The quantitative estimate of drug-likeness (QED) is 0.271. The van der Waals surface area contributed by atoms with Crippen LogP contribution in [-0.2, 0) is 4.79 Å². The lowest BCUT2D eigenvalue weighted by molar-refractivity contribution is -0.153. The van der Waals surface area contributed by atoms with E-state index in [1.807, 2.05) is 6.07 Å². The molecule has 2 amide bonds. The highest BCUT2D eigenvalue weighted by molar-refractivity contribution is 6.00. The molecule has 0 bridgehead atoms. The van der Waals surface area contributed by atoms with Gasteiger partial charge in [0.1, 0.15) is 18.7 Å². The third-order valence-electron chi connectivity index (χ3n) is 6.79. The highest BCUT2D eigenvalue weighted by atomic mass is 19.4. The molecule has 0 radical (unpaired) electrons. The zero-order valence-corrected chi connectivity index (χ0v) is 22.3. The molecule has 1 aliphatic carbocycles. The second-order valence-corrected chi connectivity index (χ2v) is 10.6. The molecule has 4 N–H and O–H groups in total. The minimum absolute atomic E-state index is 0.0459. The SMILES string of the molecule is CC(C)(O)[C@H](F)CNC(=O)c1cnc(-c2ccc3cc(C#N)cnn23)cc1NC1CC(CNC(=O)CC(F)(F)F)C1. The summed E-state index contributed by atoms with van der Waals surface area (Å²) in [5, 5.41) is 31.3. The Morgan fingerprint density at radius 3 is 2.59 bits per heavy atom. The molecule has 4 rings (SSSR count). The van der Waals surface area contributed by atoms with Crippen molar-refractivity contribution in [2.75, 3.05) is 18.4 Å². The van der Waals surface area contributed by atoms with E-state index in [-0.39, 0.29) is 24.1 Å². The molecule has 0 aromatic carbocycles. The molecule has 1 fully saturated rings. The largest absolute Gasteiger partial charge is 0.397 e. The van der Waals surface area contributed by atoms with Gasteiger partial charge in [-0.05, 0) is 56.9 Å². The highest BCUT2D eigenvalue weighted by Gasteiger charge is 2.34. The first kappa shape index (κ1) is 29.7. The van der Waals surface area contributed by atoms with Crippen LogP contribution >= 0.6 is 0 Å². The summed E-state index contributed by atoms with van der Waals surface area (Å²) in [5.41, 5.74) is 0.948. The van der Waals surface area contributed by atoms with Crippen molar-refractivity contribution in [1.82, 2.24) is 25.2 Å². The van der Waals surface area contributed by atoms with Gasteiger partial charge in [-0.15, -0.1) is 0 Å². The summed E-state index contributed by atoms with van der Waals surface area (Å²) < 4.78 is 53.0. The van der Waals surface area contributed by atoms with E-state index >= 15 is 0 Å². The summed E-state index contributed by atoms with van der Waals surface area (Å²) in [4.78, 5) is 28.9. The van der Waals surface area contributed by atoms with Crippen LogP contribution in [0.15, 0.2) is 36.7 Å². The van der Waals surface area contributed by atoms with E-state index in [0.717, 1.165) is 0 Å². The van der Waals surface area contributed by atoms with Crippen LogP contribution in [0.4, 0.5) is 23.2 Å². The lowest BCUT2D eigenvalue weighted by atomic mass is 9.80. The third kappa shape index (κ3) is 7.49. The molecule has 1 atom stereocenters. The van der Waals surface area contributed by atoms with Gasteiger partial charge >= 0.3 is 6.18 Å². The van der Waals surface area contributed by atoms with Gasteiger partial charge in [0, 0.05) is 18.8 Å². The highest BCUT2D eigenvalue weighted by Crippen LogP contribution is 2.33. The van der Waals surface area contributed by atoms with Gasteiger partial charge in [0.15, 0.2) is 0 Å². The predicted molar refractivity (Wildman–Crippen MR) is 140 cm³/mol. The van der Waals surface area contributed by atoms with E-state index in [2.05, 4.69) is 26.0 Å². The first-order chi connectivity index (χ1) is 19.2. The minimum Gasteiger partial charge on any atom is -0.387 e. The van der Waals surface area contributed by atoms with Crippen molar-refractivity contribution in [2.45, 2.75) is 57.1 Å². The van der Waals surface area contributed by atoms with Gasteiger partial charge in [0.25, 0.3) is 5.91 Å². The third-order valence-corrected chi connectivity index (χ3v) is 6.79. The number of aliphatic hydroxyl groups is 1. The fraction of sp³-hybridized carbons (Fsp3) is 0.444. The summed E-state index contributed by atoms with van der Waals surface area (Å²) in [6, 6.07) is 8.70. The number of amides is 2. The number of fused-ring (bicyclic) bond motifs is 1. The van der Waals surface area contributed by atoms with E-state index in [1.54, 1.807) is 28.8 Å². The van der Waals surface area contributed by atoms with Gasteiger partial charge in [-0.3, -0.25) is 14.6 Å². The van der Waals surface area contributed by atoms with Crippen molar-refractivity contribution < 1.29 is 32.3 Å². The van der Waals surface area contributed by atoms with E-state index < -0.39 is 42.7 Å². The number of nitriles is 1. The van der Waals surface area contributed by atoms with Crippen molar-refractivity contribution in [3.8, 4) is 17.5 Å². The number of anilines is 1. The second-order valence-electron chi connectivity index (χ2n) is 10.6. The zero-order valence-electron chi connectivity index (χ0n) is 22.3. The molecule has 1 aliphatic rings. The number of carbonyl (C=O) groups excluding carboxylic acids is 2. The van der Waals surface area contributed by atoms with Crippen LogP contribution in [0, 0.1) is 17.2 Å². The molecule has 3 aromatic heterocycles. The molecule has 3 aromatic rings. The fourth-order valence-electron chi connectivity index (χ4n) is 4.42. The number of rotatable bonds is 10. The Kier molecular flexibility index (Phi) is 8.48. The molecule has 0 unspecified atom stereocenters. The molecule has 41 heavy (non-hydrogen) atoms. The van der Waals surface area contributed by atoms with Crippen LogP contribution in [0.5, 0.6) is 0 Å². The van der Waals surface area contributed by atoms with Crippen molar-refractivity contribution >= 4 is 23.0 Å². The monoisotopic (exact) mass is 575 g/mol. The maximum absolute atomic E-state index is 14.3. The molecule has 1 saturated carbocycles. The Morgan fingerprint density at radius 2 is 1.93 bits per heavy atom. The van der Waals surface area contributed by atoms with E-state index in [4.69, 9.17) is 5.26 Å². The average Bonchev–Trinajstić information content (AvgIpc) is 3.29. The van der Waals surface area contributed by atoms with Crippen LogP contribution in [0.2, 0.25) is 0 Å². The average molecular weight is 576 g/mol. The van der Waals surface area contributed by atoms with Crippen LogP contribution in [0.3, 0.4) is 0 Å². The molecular formula is C27H29F4N7O3. The Bertz CT molecular complexity index is 1470. The number of carbonyl (C=O) groups is 2. The fourth-order valence-corrected chi connectivity index (χ4v) is 4.42. The van der Waals surface area contributed by atoms with E-state index in [0.29, 0.717) is 41.0 Å². The lowest BCUT2D eigenvalue weighted by Gasteiger charge is -2.37. The molecule has 218 valence electrons. The predicted octanol–water partition coefficient (Wildman–Crippen LogP) is 3.37. The number of hydrogen-bond acceptors (Lipinski definition) is 7. The molecule has 0 spiro atoms. The molecule has 3 heterocycles. The number of hydrogen-bond donors (Lipinski definition) is 4. The molecule has 10 nitrogen and oxygen atoms in total.